The van der Waals surface area contributed by atoms with Gasteiger partial charge in [0.05, 0.1) is 12.0 Å². The summed E-state index contributed by atoms with van der Waals surface area (Å²) >= 11 is 0. The number of nitro benzene ring substituents is 1. The van der Waals surface area contributed by atoms with Crippen LogP contribution in [0.5, 0.6) is 11.6 Å². The van der Waals surface area contributed by atoms with E-state index in [9.17, 15) is 24.8 Å². The molecule has 0 spiro atoms. The van der Waals surface area contributed by atoms with Gasteiger partial charge in [0, 0.05) is 24.9 Å². The Hall–Kier alpha value is -4.21. The molecule has 1 heterocycles. The minimum Gasteiger partial charge on any atom is -0.494 e. The average molecular weight is 410 g/mol. The van der Waals surface area contributed by atoms with Crippen LogP contribution in [0.2, 0.25) is 0 Å². The molecule has 0 atom stereocenters. The van der Waals surface area contributed by atoms with Crippen LogP contribution in [0.3, 0.4) is 0 Å². The van der Waals surface area contributed by atoms with Gasteiger partial charge in [0.15, 0.2) is 0 Å². The number of aromatic amines is 1. The Bertz CT molecular complexity index is 1210. The third-order valence-electron chi connectivity index (χ3n) is 4.38. The van der Waals surface area contributed by atoms with Crippen molar-refractivity contribution < 1.29 is 14.8 Å². The van der Waals surface area contributed by atoms with E-state index in [-0.39, 0.29) is 29.2 Å². The molecule has 0 unspecified atom stereocenters. The lowest BCUT2D eigenvalue weighted by atomic mass is 10.1. The lowest BCUT2D eigenvalue weighted by Gasteiger charge is -2.10. The first-order valence-electron chi connectivity index (χ1n) is 8.87. The second-order valence-electron chi connectivity index (χ2n) is 6.26. The van der Waals surface area contributed by atoms with Crippen molar-refractivity contribution in [2.24, 2.45) is 4.99 Å². The molecule has 2 aromatic carbocycles. The molecule has 0 aliphatic rings. The van der Waals surface area contributed by atoms with Gasteiger partial charge in [-0.25, -0.2) is 4.79 Å². The van der Waals surface area contributed by atoms with Crippen molar-refractivity contribution in [2.45, 2.75) is 13.0 Å². The first kappa shape index (κ1) is 20.5. The van der Waals surface area contributed by atoms with Crippen molar-refractivity contribution in [3.63, 3.8) is 0 Å². The summed E-state index contributed by atoms with van der Waals surface area (Å²) in [7, 11) is 1.37. The highest BCUT2D eigenvalue weighted by atomic mass is 16.6. The number of hydrogen-bond acceptors (Lipinski definition) is 7. The predicted octanol–water partition coefficient (Wildman–Crippen LogP) is 2.15. The number of hydrogen-bond donors (Lipinski definition) is 2. The summed E-state index contributed by atoms with van der Waals surface area (Å²) in [6, 6.07) is 13.1. The standard InChI is InChI=1S/C20H18N4O6/c1-30-17-8-7-14(24(28)29)11-16(17)21-12-15-18(25)22-20(27)23(19(15)26)10-9-13-5-3-2-4-6-13/h2-8,11-12,26H,9-10H2,1H3,(H,22,25,27). The maximum absolute atomic E-state index is 12.2. The van der Waals surface area contributed by atoms with Crippen molar-refractivity contribution in [1.82, 2.24) is 9.55 Å². The third kappa shape index (κ3) is 4.43. The number of aromatic nitrogens is 2. The van der Waals surface area contributed by atoms with Gasteiger partial charge < -0.3 is 9.84 Å². The second kappa shape index (κ2) is 8.86. The summed E-state index contributed by atoms with van der Waals surface area (Å²) in [5.41, 5.74) is -1.01. The number of rotatable bonds is 7. The summed E-state index contributed by atoms with van der Waals surface area (Å²) in [6.45, 7) is 0.131. The molecule has 3 aromatic rings. The summed E-state index contributed by atoms with van der Waals surface area (Å²) in [6.07, 6.45) is 1.49. The average Bonchev–Trinajstić information content (AvgIpc) is 2.73. The summed E-state index contributed by atoms with van der Waals surface area (Å²) in [5.74, 6) is -0.307. The van der Waals surface area contributed by atoms with Crippen molar-refractivity contribution in [2.75, 3.05) is 7.11 Å². The van der Waals surface area contributed by atoms with E-state index in [0.29, 0.717) is 6.42 Å². The van der Waals surface area contributed by atoms with Gasteiger partial charge in [-0.1, -0.05) is 30.3 Å². The van der Waals surface area contributed by atoms with E-state index in [1.165, 1.54) is 25.3 Å². The number of methoxy groups -OCH3 is 1. The number of nitro groups is 1. The number of nitrogens with zero attached hydrogens (tertiary/aromatic N) is 3. The van der Waals surface area contributed by atoms with Gasteiger partial charge in [-0.05, 0) is 18.1 Å². The van der Waals surface area contributed by atoms with E-state index in [0.717, 1.165) is 16.3 Å². The molecule has 0 saturated carbocycles. The molecule has 2 N–H and O–H groups in total. The van der Waals surface area contributed by atoms with Gasteiger partial charge in [-0.3, -0.25) is 29.5 Å². The Labute approximate surface area is 169 Å². The van der Waals surface area contributed by atoms with Crippen LogP contribution in [0.4, 0.5) is 11.4 Å². The molecule has 10 nitrogen and oxygen atoms in total. The molecule has 0 aliphatic heterocycles. The van der Waals surface area contributed by atoms with E-state index in [1.54, 1.807) is 0 Å². The predicted molar refractivity (Wildman–Crippen MR) is 110 cm³/mol. The van der Waals surface area contributed by atoms with Crippen LogP contribution in [0.1, 0.15) is 11.1 Å². The van der Waals surface area contributed by atoms with Crippen molar-refractivity contribution >= 4 is 17.6 Å². The zero-order chi connectivity index (χ0) is 21.7. The van der Waals surface area contributed by atoms with Crippen molar-refractivity contribution in [3.8, 4) is 11.6 Å². The van der Waals surface area contributed by atoms with E-state index in [1.807, 2.05) is 30.3 Å². The lowest BCUT2D eigenvalue weighted by molar-refractivity contribution is -0.384. The molecule has 3 rings (SSSR count). The first-order chi connectivity index (χ1) is 14.4. The SMILES string of the molecule is COc1ccc([N+](=O)[O-])cc1N=Cc1c(O)n(CCc2ccccc2)c(=O)[nH]c1=O. The minimum atomic E-state index is -0.832. The number of aliphatic imine (C=N–C) groups is 1. The molecule has 0 bridgehead atoms. The van der Waals surface area contributed by atoms with Crippen LogP contribution in [-0.2, 0) is 13.0 Å². The van der Waals surface area contributed by atoms with Crippen LogP contribution >= 0.6 is 0 Å². The summed E-state index contributed by atoms with van der Waals surface area (Å²) in [5, 5.41) is 21.5. The zero-order valence-corrected chi connectivity index (χ0v) is 15.9. The first-order valence-corrected chi connectivity index (χ1v) is 8.87. The molecule has 10 heteroatoms. The van der Waals surface area contributed by atoms with Gasteiger partial charge in [0.1, 0.15) is 17.0 Å². The largest absolute Gasteiger partial charge is 0.494 e. The molecular formula is C20H18N4O6. The number of ether oxygens (including phenoxy) is 1. The monoisotopic (exact) mass is 410 g/mol. The fraction of sp³-hybridized carbons (Fsp3) is 0.150. The maximum atomic E-state index is 12.2. The van der Waals surface area contributed by atoms with E-state index in [2.05, 4.69) is 9.98 Å². The molecule has 0 saturated heterocycles. The molecule has 0 aliphatic carbocycles. The third-order valence-corrected chi connectivity index (χ3v) is 4.38. The quantitative estimate of drug-likeness (QED) is 0.347. The smallest absolute Gasteiger partial charge is 0.331 e. The van der Waals surface area contributed by atoms with E-state index >= 15 is 0 Å². The summed E-state index contributed by atoms with van der Waals surface area (Å²) < 4.78 is 6.15. The molecule has 154 valence electrons. The van der Waals surface area contributed by atoms with Crippen LogP contribution in [-0.4, -0.2) is 32.9 Å². The van der Waals surface area contributed by atoms with Crippen LogP contribution in [0.15, 0.2) is 63.1 Å². The highest BCUT2D eigenvalue weighted by Crippen LogP contribution is 2.31. The highest BCUT2D eigenvalue weighted by molar-refractivity contribution is 5.85. The Morgan fingerprint density at radius 1 is 1.23 bits per heavy atom. The molecular weight excluding hydrogens is 392 g/mol. The van der Waals surface area contributed by atoms with Gasteiger partial charge in [0.25, 0.3) is 11.2 Å². The van der Waals surface area contributed by atoms with Crippen LogP contribution in [0.25, 0.3) is 0 Å². The van der Waals surface area contributed by atoms with Crippen LogP contribution < -0.4 is 16.0 Å². The molecule has 1 aromatic heterocycles. The molecule has 0 radical (unpaired) electrons. The van der Waals surface area contributed by atoms with Crippen molar-refractivity contribution in [1.29, 1.82) is 0 Å². The number of aryl methyl sites for hydroxylation is 1. The second-order valence-corrected chi connectivity index (χ2v) is 6.26. The number of non-ortho nitro benzene ring substituents is 1. The minimum absolute atomic E-state index is 0.0903. The van der Waals surface area contributed by atoms with Gasteiger partial charge in [-0.2, -0.15) is 0 Å². The number of aromatic hydroxyl groups is 1. The topological polar surface area (TPSA) is 140 Å². The van der Waals surface area contributed by atoms with Gasteiger partial charge in [0.2, 0.25) is 5.88 Å². The molecule has 0 amide bonds. The van der Waals surface area contributed by atoms with Gasteiger partial charge in [-0.15, -0.1) is 0 Å². The van der Waals surface area contributed by atoms with E-state index in [4.69, 9.17) is 4.74 Å². The Morgan fingerprint density at radius 3 is 2.63 bits per heavy atom. The lowest BCUT2D eigenvalue weighted by Crippen LogP contribution is -2.32. The highest BCUT2D eigenvalue weighted by Gasteiger charge is 2.14. The number of nitrogens with one attached hydrogen (secondary N) is 1. The Kier molecular flexibility index (Phi) is 6.06. The van der Waals surface area contributed by atoms with E-state index < -0.39 is 22.1 Å². The fourth-order valence-corrected chi connectivity index (χ4v) is 2.81. The number of benzene rings is 2. The fourth-order valence-electron chi connectivity index (χ4n) is 2.81. The maximum Gasteiger partial charge on any atom is 0.331 e. The molecule has 0 fully saturated rings. The molecule has 30 heavy (non-hydrogen) atoms. The van der Waals surface area contributed by atoms with Crippen LogP contribution in [0, 0.1) is 10.1 Å². The number of H-pyrrole nitrogens is 1. The van der Waals surface area contributed by atoms with Crippen molar-refractivity contribution in [3.05, 3.63) is 90.6 Å². The zero-order valence-electron chi connectivity index (χ0n) is 15.9. The van der Waals surface area contributed by atoms with Gasteiger partial charge >= 0.3 is 5.69 Å². The summed E-state index contributed by atoms with van der Waals surface area (Å²) in [4.78, 5) is 40.9. The Balaban J connectivity index is 1.97. The normalized spacial score (nSPS) is 11.0. The Morgan fingerprint density at radius 2 is 1.97 bits per heavy atom.